The second-order valence-electron chi connectivity index (χ2n) is 4.11. The van der Waals surface area contributed by atoms with Crippen LogP contribution < -0.4 is 4.72 Å². The highest BCUT2D eigenvalue weighted by Gasteiger charge is 2.24. The summed E-state index contributed by atoms with van der Waals surface area (Å²) in [4.78, 5) is 11.2. The number of carbonyl (C=O) groups excluding carboxylic acids is 1. The molecule has 1 rings (SSSR count). The predicted octanol–water partition coefficient (Wildman–Crippen LogP) is 0.514. The van der Waals surface area contributed by atoms with Gasteiger partial charge in [-0.05, 0) is 12.5 Å². The Bertz CT molecular complexity index is 516. The van der Waals surface area contributed by atoms with E-state index in [1.54, 1.807) is 0 Å². The standard InChI is InChI=1S/C12H18N2O4S/c1-10(12(15)18-3)13-19(16,17)14(2)9-11-7-5-4-6-8-11/h4-8,10,13H,9H2,1-3H3. The Morgan fingerprint density at radius 1 is 1.37 bits per heavy atom. The maximum atomic E-state index is 12.0. The second-order valence-corrected chi connectivity index (χ2v) is 5.92. The quantitative estimate of drug-likeness (QED) is 0.773. The summed E-state index contributed by atoms with van der Waals surface area (Å²) in [5.41, 5.74) is 0.862. The fraction of sp³-hybridized carbons (Fsp3) is 0.417. The molecule has 1 unspecified atom stereocenters. The van der Waals surface area contributed by atoms with Crippen molar-refractivity contribution in [3.05, 3.63) is 35.9 Å². The van der Waals surface area contributed by atoms with Gasteiger partial charge >= 0.3 is 5.97 Å². The highest BCUT2D eigenvalue weighted by Crippen LogP contribution is 2.06. The fourth-order valence-electron chi connectivity index (χ4n) is 1.46. The molecule has 1 aromatic carbocycles. The molecule has 0 bridgehead atoms. The van der Waals surface area contributed by atoms with Gasteiger partial charge in [0.15, 0.2) is 0 Å². The van der Waals surface area contributed by atoms with Gasteiger partial charge in [0.1, 0.15) is 6.04 Å². The van der Waals surface area contributed by atoms with E-state index in [0.29, 0.717) is 0 Å². The van der Waals surface area contributed by atoms with Crippen molar-refractivity contribution in [2.24, 2.45) is 0 Å². The van der Waals surface area contributed by atoms with Gasteiger partial charge in [0.05, 0.1) is 7.11 Å². The van der Waals surface area contributed by atoms with Crippen LogP contribution in [0.1, 0.15) is 12.5 Å². The molecule has 0 radical (unpaired) electrons. The SMILES string of the molecule is COC(=O)C(C)NS(=O)(=O)N(C)Cc1ccccc1. The molecule has 0 spiro atoms. The van der Waals surface area contributed by atoms with Crippen molar-refractivity contribution in [1.29, 1.82) is 0 Å². The first-order valence-corrected chi connectivity index (χ1v) is 7.16. The van der Waals surface area contributed by atoms with E-state index in [1.165, 1.54) is 21.1 Å². The summed E-state index contributed by atoms with van der Waals surface area (Å²) in [6, 6.07) is 8.26. The lowest BCUT2D eigenvalue weighted by atomic mass is 10.2. The predicted molar refractivity (Wildman–Crippen MR) is 71.4 cm³/mol. The molecule has 0 saturated heterocycles. The fourth-order valence-corrected chi connectivity index (χ4v) is 2.51. The highest BCUT2D eigenvalue weighted by atomic mass is 32.2. The van der Waals surface area contributed by atoms with Crippen molar-refractivity contribution in [2.75, 3.05) is 14.2 Å². The normalized spacial score (nSPS) is 13.3. The molecule has 1 atom stereocenters. The number of hydrogen-bond acceptors (Lipinski definition) is 4. The van der Waals surface area contributed by atoms with Gasteiger partial charge in [-0.25, -0.2) is 0 Å². The van der Waals surface area contributed by atoms with Gasteiger partial charge in [-0.15, -0.1) is 0 Å². The number of benzene rings is 1. The average molecular weight is 286 g/mol. The van der Waals surface area contributed by atoms with E-state index in [2.05, 4.69) is 9.46 Å². The molecule has 0 heterocycles. The van der Waals surface area contributed by atoms with E-state index in [9.17, 15) is 13.2 Å². The first kappa shape index (κ1) is 15.6. The number of ether oxygens (including phenoxy) is 1. The lowest BCUT2D eigenvalue weighted by molar-refractivity contribution is -0.142. The van der Waals surface area contributed by atoms with Gasteiger partial charge in [0, 0.05) is 13.6 Å². The van der Waals surface area contributed by atoms with Gasteiger partial charge in [0.25, 0.3) is 10.2 Å². The molecule has 0 aliphatic heterocycles. The van der Waals surface area contributed by atoms with E-state index in [1.807, 2.05) is 30.3 Å². The Balaban J connectivity index is 2.69. The minimum Gasteiger partial charge on any atom is -0.468 e. The van der Waals surface area contributed by atoms with Gasteiger partial charge in [0.2, 0.25) is 0 Å². The zero-order chi connectivity index (χ0) is 14.5. The number of carbonyl (C=O) groups is 1. The third-order valence-electron chi connectivity index (χ3n) is 2.54. The monoisotopic (exact) mass is 286 g/mol. The van der Waals surface area contributed by atoms with Crippen LogP contribution in [0.4, 0.5) is 0 Å². The number of nitrogens with one attached hydrogen (secondary N) is 1. The van der Waals surface area contributed by atoms with Crippen LogP contribution in [0.25, 0.3) is 0 Å². The summed E-state index contributed by atoms with van der Waals surface area (Å²) >= 11 is 0. The molecule has 7 heteroatoms. The smallest absolute Gasteiger partial charge is 0.323 e. The molecule has 0 saturated carbocycles. The molecule has 0 amide bonds. The molecule has 0 aliphatic carbocycles. The van der Waals surface area contributed by atoms with Crippen LogP contribution in [-0.4, -0.2) is 38.9 Å². The van der Waals surface area contributed by atoms with Crippen LogP contribution in [0.5, 0.6) is 0 Å². The third-order valence-corrected chi connectivity index (χ3v) is 4.14. The largest absolute Gasteiger partial charge is 0.468 e. The number of hydrogen-bond donors (Lipinski definition) is 1. The van der Waals surface area contributed by atoms with Crippen molar-refractivity contribution in [2.45, 2.75) is 19.5 Å². The minimum absolute atomic E-state index is 0.226. The van der Waals surface area contributed by atoms with Gasteiger partial charge in [-0.1, -0.05) is 30.3 Å². The summed E-state index contributed by atoms with van der Waals surface area (Å²) in [5, 5.41) is 0. The minimum atomic E-state index is -3.73. The number of esters is 1. The van der Waals surface area contributed by atoms with E-state index >= 15 is 0 Å². The Morgan fingerprint density at radius 3 is 2.47 bits per heavy atom. The molecule has 1 N–H and O–H groups in total. The Morgan fingerprint density at radius 2 is 1.95 bits per heavy atom. The van der Waals surface area contributed by atoms with E-state index in [0.717, 1.165) is 9.87 Å². The van der Waals surface area contributed by atoms with Gasteiger partial charge in [-0.2, -0.15) is 17.4 Å². The molecule has 0 aliphatic rings. The average Bonchev–Trinajstić information content (AvgIpc) is 2.38. The van der Waals surface area contributed by atoms with Crippen LogP contribution in [-0.2, 0) is 26.3 Å². The molecule has 19 heavy (non-hydrogen) atoms. The highest BCUT2D eigenvalue weighted by molar-refractivity contribution is 7.87. The summed E-state index contributed by atoms with van der Waals surface area (Å²) in [5.74, 6) is -0.628. The lowest BCUT2D eigenvalue weighted by Gasteiger charge is -2.20. The van der Waals surface area contributed by atoms with Crippen molar-refractivity contribution in [3.8, 4) is 0 Å². The molecular formula is C12H18N2O4S. The molecule has 1 aromatic rings. The topological polar surface area (TPSA) is 75.7 Å². The van der Waals surface area contributed by atoms with E-state index < -0.39 is 22.2 Å². The third kappa shape index (κ3) is 4.62. The molecular weight excluding hydrogens is 268 g/mol. The maximum Gasteiger partial charge on any atom is 0.323 e. The summed E-state index contributed by atoms with van der Waals surface area (Å²) in [6.07, 6.45) is 0. The number of nitrogens with zero attached hydrogens (tertiary/aromatic N) is 1. The zero-order valence-corrected chi connectivity index (χ0v) is 12.0. The lowest BCUT2D eigenvalue weighted by Crippen LogP contribution is -2.45. The van der Waals surface area contributed by atoms with Crippen LogP contribution >= 0.6 is 0 Å². The Kier molecular flexibility index (Phi) is 5.46. The van der Waals surface area contributed by atoms with E-state index in [4.69, 9.17) is 0 Å². The van der Waals surface area contributed by atoms with Crippen LogP contribution in [0.2, 0.25) is 0 Å². The van der Waals surface area contributed by atoms with Crippen LogP contribution in [0, 0.1) is 0 Å². The van der Waals surface area contributed by atoms with Crippen molar-refractivity contribution >= 4 is 16.2 Å². The first-order valence-electron chi connectivity index (χ1n) is 5.72. The van der Waals surface area contributed by atoms with Gasteiger partial charge < -0.3 is 4.74 Å². The molecule has 0 fully saturated rings. The summed E-state index contributed by atoms with van der Waals surface area (Å²) < 4.78 is 31.8. The molecule has 6 nitrogen and oxygen atoms in total. The maximum absolute atomic E-state index is 12.0. The zero-order valence-electron chi connectivity index (χ0n) is 11.2. The first-order chi connectivity index (χ1) is 8.86. The van der Waals surface area contributed by atoms with Crippen LogP contribution in [0.3, 0.4) is 0 Å². The van der Waals surface area contributed by atoms with E-state index in [-0.39, 0.29) is 6.54 Å². The summed E-state index contributed by atoms with van der Waals surface area (Å²) in [6.45, 7) is 1.66. The molecule has 106 valence electrons. The molecule has 0 aromatic heterocycles. The van der Waals surface area contributed by atoms with Crippen molar-refractivity contribution in [1.82, 2.24) is 9.03 Å². The summed E-state index contributed by atoms with van der Waals surface area (Å²) in [7, 11) is -1.08. The number of rotatable bonds is 6. The Hall–Kier alpha value is -1.44. The second kappa shape index (κ2) is 6.65. The number of methoxy groups -OCH3 is 1. The van der Waals surface area contributed by atoms with Gasteiger partial charge in [-0.3, -0.25) is 4.79 Å². The van der Waals surface area contributed by atoms with Crippen LogP contribution in [0.15, 0.2) is 30.3 Å². The van der Waals surface area contributed by atoms with Crippen molar-refractivity contribution < 1.29 is 17.9 Å². The Labute approximate surface area is 113 Å². The van der Waals surface area contributed by atoms with Crippen molar-refractivity contribution in [3.63, 3.8) is 0 Å².